The summed E-state index contributed by atoms with van der Waals surface area (Å²) in [6.07, 6.45) is 0.0502. The van der Waals surface area contributed by atoms with Gasteiger partial charge in [0.05, 0.1) is 24.5 Å². The van der Waals surface area contributed by atoms with Crippen LogP contribution >= 0.6 is 11.5 Å². The van der Waals surface area contributed by atoms with E-state index in [1.807, 2.05) is 18.7 Å². The van der Waals surface area contributed by atoms with E-state index >= 15 is 0 Å². The molecule has 1 aromatic carbocycles. The molecule has 0 radical (unpaired) electrons. The summed E-state index contributed by atoms with van der Waals surface area (Å²) in [4.78, 5) is 1.95. The molecule has 1 fully saturated rings. The number of ether oxygens (including phenoxy) is 1. The number of morpholine rings is 1. The molecule has 0 spiro atoms. The second-order valence-electron chi connectivity index (χ2n) is 5.58. The molecule has 1 saturated heterocycles. The normalized spacial score (nSPS) is 22.1. The van der Waals surface area contributed by atoms with Crippen LogP contribution in [0.5, 0.6) is 0 Å². The Hall–Kier alpha value is -1.57. The van der Waals surface area contributed by atoms with Gasteiger partial charge in [-0.2, -0.15) is 0 Å². The molecule has 3 rings (SSSR count). The topological polar surface area (TPSA) is 58.5 Å². The van der Waals surface area contributed by atoms with Gasteiger partial charge in [-0.3, -0.25) is 0 Å². The third kappa shape index (κ3) is 2.97. The van der Waals surface area contributed by atoms with Gasteiger partial charge in [0.2, 0.25) is 0 Å². The molecule has 2 unspecified atom stereocenters. The number of aromatic nitrogens is 2. The van der Waals surface area contributed by atoms with Crippen molar-refractivity contribution in [3.8, 4) is 11.3 Å². The Labute approximate surface area is 132 Å². The maximum absolute atomic E-state index is 14.7. The smallest absolute Gasteiger partial charge is 0.147 e. The first-order valence-electron chi connectivity index (χ1n) is 7.19. The summed E-state index contributed by atoms with van der Waals surface area (Å²) in [5.74, 6) is -0.351. The van der Waals surface area contributed by atoms with Crippen LogP contribution in [0.3, 0.4) is 0 Å². The molecule has 1 aromatic heterocycles. The quantitative estimate of drug-likeness (QED) is 0.940. The Balaban J connectivity index is 2.00. The minimum absolute atomic E-state index is 0.0251. The van der Waals surface area contributed by atoms with Crippen LogP contribution < -0.4 is 4.90 Å². The lowest BCUT2D eigenvalue weighted by Crippen LogP contribution is -2.46. The highest BCUT2D eigenvalue weighted by atomic mass is 32.1. The van der Waals surface area contributed by atoms with E-state index < -0.39 is 0 Å². The van der Waals surface area contributed by atoms with Crippen molar-refractivity contribution in [3.63, 3.8) is 0 Å². The van der Waals surface area contributed by atoms with Gasteiger partial charge in [0, 0.05) is 29.6 Å². The molecule has 0 bridgehead atoms. The molecule has 1 aliphatic rings. The first kappa shape index (κ1) is 15.3. The lowest BCUT2D eigenvalue weighted by Gasteiger charge is -2.37. The number of aliphatic hydroxyl groups is 1. The van der Waals surface area contributed by atoms with Crippen LogP contribution in [0, 0.1) is 5.82 Å². The third-order valence-electron chi connectivity index (χ3n) is 3.70. The van der Waals surface area contributed by atoms with Crippen molar-refractivity contribution in [3.05, 3.63) is 28.9 Å². The van der Waals surface area contributed by atoms with Crippen molar-refractivity contribution in [2.24, 2.45) is 0 Å². The SMILES string of the molecule is CC1CN(c2c(F)cc(-c3csnn3)cc2CO)CC(C)O1. The van der Waals surface area contributed by atoms with Gasteiger partial charge < -0.3 is 14.7 Å². The molecular weight excluding hydrogens is 305 g/mol. The van der Waals surface area contributed by atoms with Crippen molar-refractivity contribution in [1.29, 1.82) is 0 Å². The van der Waals surface area contributed by atoms with Crippen molar-refractivity contribution in [1.82, 2.24) is 9.59 Å². The van der Waals surface area contributed by atoms with Crippen LogP contribution in [0.25, 0.3) is 11.3 Å². The van der Waals surface area contributed by atoms with Crippen LogP contribution in [-0.4, -0.2) is 40.0 Å². The van der Waals surface area contributed by atoms with Gasteiger partial charge in [0.1, 0.15) is 11.5 Å². The fraction of sp³-hybridized carbons (Fsp3) is 0.467. The summed E-state index contributed by atoms with van der Waals surface area (Å²) < 4.78 is 24.2. The van der Waals surface area contributed by atoms with Gasteiger partial charge >= 0.3 is 0 Å². The first-order chi connectivity index (χ1) is 10.6. The van der Waals surface area contributed by atoms with Gasteiger partial charge in [-0.25, -0.2) is 4.39 Å². The molecule has 118 valence electrons. The average Bonchev–Trinajstić information content (AvgIpc) is 2.99. The average molecular weight is 323 g/mol. The van der Waals surface area contributed by atoms with Crippen LogP contribution in [-0.2, 0) is 11.3 Å². The fourth-order valence-electron chi connectivity index (χ4n) is 2.93. The molecule has 1 aliphatic heterocycles. The number of hydrogen-bond acceptors (Lipinski definition) is 6. The zero-order valence-corrected chi connectivity index (χ0v) is 13.3. The van der Waals surface area contributed by atoms with E-state index in [1.165, 1.54) is 17.6 Å². The van der Waals surface area contributed by atoms with Crippen molar-refractivity contribution < 1.29 is 14.2 Å². The van der Waals surface area contributed by atoms with E-state index in [-0.39, 0.29) is 24.6 Å². The molecule has 2 aromatic rings. The first-order valence-corrected chi connectivity index (χ1v) is 8.03. The zero-order chi connectivity index (χ0) is 15.7. The van der Waals surface area contributed by atoms with E-state index in [2.05, 4.69) is 9.59 Å². The van der Waals surface area contributed by atoms with Gasteiger partial charge in [0.25, 0.3) is 0 Å². The predicted octanol–water partition coefficient (Wildman–Crippen LogP) is 2.45. The summed E-state index contributed by atoms with van der Waals surface area (Å²) in [6, 6.07) is 3.23. The maximum Gasteiger partial charge on any atom is 0.147 e. The number of nitrogens with zero attached hydrogens (tertiary/aromatic N) is 3. The highest BCUT2D eigenvalue weighted by Gasteiger charge is 2.26. The van der Waals surface area contributed by atoms with Crippen LogP contribution in [0.15, 0.2) is 17.5 Å². The molecule has 0 aliphatic carbocycles. The van der Waals surface area contributed by atoms with E-state index in [4.69, 9.17) is 4.74 Å². The van der Waals surface area contributed by atoms with E-state index in [9.17, 15) is 9.50 Å². The molecule has 5 nitrogen and oxygen atoms in total. The molecule has 1 N–H and O–H groups in total. The minimum Gasteiger partial charge on any atom is -0.392 e. The van der Waals surface area contributed by atoms with Gasteiger partial charge in [-0.1, -0.05) is 4.49 Å². The summed E-state index contributed by atoms with van der Waals surface area (Å²) in [5, 5.41) is 15.4. The number of anilines is 1. The molecule has 0 amide bonds. The number of aliphatic hydroxyl groups excluding tert-OH is 1. The number of hydrogen-bond donors (Lipinski definition) is 1. The summed E-state index contributed by atoms with van der Waals surface area (Å²) in [6.45, 7) is 4.92. The monoisotopic (exact) mass is 323 g/mol. The largest absolute Gasteiger partial charge is 0.392 e. The Morgan fingerprint density at radius 3 is 2.68 bits per heavy atom. The van der Waals surface area contributed by atoms with E-state index in [0.29, 0.717) is 35.6 Å². The zero-order valence-electron chi connectivity index (χ0n) is 12.5. The molecule has 0 saturated carbocycles. The standard InChI is InChI=1S/C15H18FN3O2S/c1-9-5-19(6-10(2)21-9)15-12(7-20)3-11(4-13(15)16)14-8-22-18-17-14/h3-4,8-10,20H,5-7H2,1-2H3. The Morgan fingerprint density at radius 2 is 2.09 bits per heavy atom. The second-order valence-corrected chi connectivity index (χ2v) is 6.19. The van der Waals surface area contributed by atoms with E-state index in [1.54, 1.807) is 11.4 Å². The molecule has 2 heterocycles. The number of rotatable bonds is 3. The Bertz CT molecular complexity index is 640. The Morgan fingerprint density at radius 1 is 1.36 bits per heavy atom. The predicted molar refractivity (Wildman–Crippen MR) is 83.4 cm³/mol. The third-order valence-corrected chi connectivity index (χ3v) is 4.21. The maximum atomic E-state index is 14.7. The molecule has 22 heavy (non-hydrogen) atoms. The lowest BCUT2D eigenvalue weighted by atomic mass is 10.0. The van der Waals surface area contributed by atoms with Crippen LogP contribution in [0.2, 0.25) is 0 Å². The van der Waals surface area contributed by atoms with Crippen LogP contribution in [0.4, 0.5) is 10.1 Å². The second kappa shape index (κ2) is 6.28. The minimum atomic E-state index is -0.351. The lowest BCUT2D eigenvalue weighted by molar-refractivity contribution is -0.00550. The molecule has 7 heteroatoms. The fourth-order valence-corrected chi connectivity index (χ4v) is 3.39. The van der Waals surface area contributed by atoms with Crippen molar-refractivity contribution >= 4 is 17.2 Å². The van der Waals surface area contributed by atoms with Gasteiger partial charge in [-0.15, -0.1) is 5.10 Å². The summed E-state index contributed by atoms with van der Waals surface area (Å²) in [7, 11) is 0. The van der Waals surface area contributed by atoms with Crippen LogP contribution in [0.1, 0.15) is 19.4 Å². The molecular formula is C15H18FN3O2S. The van der Waals surface area contributed by atoms with Crippen molar-refractivity contribution in [2.75, 3.05) is 18.0 Å². The summed E-state index contributed by atoms with van der Waals surface area (Å²) >= 11 is 1.21. The highest BCUT2D eigenvalue weighted by molar-refractivity contribution is 7.03. The van der Waals surface area contributed by atoms with Gasteiger partial charge in [-0.05, 0) is 37.5 Å². The van der Waals surface area contributed by atoms with Gasteiger partial charge in [0.15, 0.2) is 0 Å². The number of benzene rings is 1. The Kier molecular flexibility index (Phi) is 4.37. The molecule has 2 atom stereocenters. The van der Waals surface area contributed by atoms with E-state index in [0.717, 1.165) is 0 Å². The summed E-state index contributed by atoms with van der Waals surface area (Å²) in [5.41, 5.74) is 2.27. The van der Waals surface area contributed by atoms with Crippen molar-refractivity contribution in [2.45, 2.75) is 32.7 Å². The highest BCUT2D eigenvalue weighted by Crippen LogP contribution is 2.32. The number of halogens is 1.